The summed E-state index contributed by atoms with van der Waals surface area (Å²) in [6, 6.07) is 0. The van der Waals surface area contributed by atoms with Gasteiger partial charge in [-0.2, -0.15) is 0 Å². The third-order valence-corrected chi connectivity index (χ3v) is 1.36. The number of rotatable bonds is 5. The van der Waals surface area contributed by atoms with Crippen molar-refractivity contribution < 1.29 is 23.5 Å². The Labute approximate surface area is 83.2 Å². The fourth-order valence-electron chi connectivity index (χ4n) is 0.605. The van der Waals surface area contributed by atoms with Crippen molar-refractivity contribution in [1.82, 2.24) is 0 Å². The van der Waals surface area contributed by atoms with Crippen LogP contribution in [0.15, 0.2) is 0 Å². The molecule has 6 nitrogen and oxygen atoms in total. The fourth-order valence-corrected chi connectivity index (χ4v) is 0.605. The third kappa shape index (κ3) is 8.79. The second kappa shape index (κ2) is 5.43. The molecule has 0 rings (SSSR count). The molecule has 0 saturated carbocycles. The summed E-state index contributed by atoms with van der Waals surface area (Å²) >= 11 is 0. The van der Waals surface area contributed by atoms with Crippen LogP contribution in [0.1, 0.15) is 0 Å². The van der Waals surface area contributed by atoms with E-state index in [0.717, 1.165) is 0 Å². The number of nitrogens with two attached hydrogens (primary N) is 1. The minimum atomic E-state index is -0.978. The SMILES string of the molecule is C[N+](C)(C)CCOC(=O)COC(N)=O. The quantitative estimate of drug-likeness (QED) is 0.477. The van der Waals surface area contributed by atoms with Crippen molar-refractivity contribution >= 4 is 12.1 Å². The molecule has 0 aliphatic heterocycles. The first kappa shape index (κ1) is 12.7. The van der Waals surface area contributed by atoms with E-state index in [1.165, 1.54) is 0 Å². The Bertz CT molecular complexity index is 210. The smallest absolute Gasteiger partial charge is 0.405 e. The summed E-state index contributed by atoms with van der Waals surface area (Å²) in [6.45, 7) is 0.569. The molecule has 14 heavy (non-hydrogen) atoms. The number of nitrogens with zero attached hydrogens (tertiary/aromatic N) is 1. The second-order valence-corrected chi connectivity index (χ2v) is 3.84. The largest absolute Gasteiger partial charge is 0.457 e. The van der Waals surface area contributed by atoms with Gasteiger partial charge in [0.25, 0.3) is 0 Å². The average Bonchev–Trinajstić information content (AvgIpc) is 1.98. The molecule has 0 bridgehead atoms. The molecule has 0 unspecified atom stereocenters. The van der Waals surface area contributed by atoms with Crippen LogP contribution in [0.3, 0.4) is 0 Å². The van der Waals surface area contributed by atoms with Crippen molar-refractivity contribution in [3.05, 3.63) is 0 Å². The molecule has 0 radical (unpaired) electrons. The van der Waals surface area contributed by atoms with E-state index in [9.17, 15) is 9.59 Å². The molecule has 0 heterocycles. The predicted octanol–water partition coefficient (Wildman–Crippen LogP) is -0.669. The number of quaternary nitrogens is 1. The zero-order chi connectivity index (χ0) is 11.2. The van der Waals surface area contributed by atoms with Gasteiger partial charge < -0.3 is 19.7 Å². The maximum atomic E-state index is 10.9. The van der Waals surface area contributed by atoms with E-state index in [4.69, 9.17) is 4.74 Å². The minimum absolute atomic E-state index is 0.296. The van der Waals surface area contributed by atoms with Crippen LogP contribution in [0.5, 0.6) is 0 Å². The summed E-state index contributed by atoms with van der Waals surface area (Å²) in [5, 5.41) is 0. The van der Waals surface area contributed by atoms with E-state index in [1.807, 2.05) is 21.1 Å². The van der Waals surface area contributed by atoms with Gasteiger partial charge in [0.05, 0.1) is 21.1 Å². The van der Waals surface area contributed by atoms with Crippen LogP contribution in [0.2, 0.25) is 0 Å². The average molecular weight is 205 g/mol. The summed E-state index contributed by atoms with van der Waals surface area (Å²) < 4.78 is 9.73. The number of hydrogen-bond acceptors (Lipinski definition) is 4. The normalized spacial score (nSPS) is 10.8. The van der Waals surface area contributed by atoms with Gasteiger partial charge in [-0.25, -0.2) is 9.59 Å². The second-order valence-electron chi connectivity index (χ2n) is 3.84. The van der Waals surface area contributed by atoms with Crippen LogP contribution < -0.4 is 5.73 Å². The van der Waals surface area contributed by atoms with Crippen molar-refractivity contribution in [3.8, 4) is 0 Å². The van der Waals surface area contributed by atoms with Crippen LogP contribution >= 0.6 is 0 Å². The Morgan fingerprint density at radius 1 is 1.21 bits per heavy atom. The number of hydrogen-bond donors (Lipinski definition) is 1. The fraction of sp³-hybridized carbons (Fsp3) is 0.750. The highest BCUT2D eigenvalue weighted by molar-refractivity contribution is 5.74. The molecule has 82 valence electrons. The third-order valence-electron chi connectivity index (χ3n) is 1.36. The van der Waals surface area contributed by atoms with E-state index in [1.54, 1.807) is 0 Å². The lowest BCUT2D eigenvalue weighted by atomic mass is 10.5. The molecular weight excluding hydrogens is 188 g/mol. The predicted molar refractivity (Wildman–Crippen MR) is 49.4 cm³/mol. The van der Waals surface area contributed by atoms with Crippen LogP contribution in [0.25, 0.3) is 0 Å². The van der Waals surface area contributed by atoms with Gasteiger partial charge in [-0.1, -0.05) is 0 Å². The zero-order valence-electron chi connectivity index (χ0n) is 8.78. The monoisotopic (exact) mass is 205 g/mol. The Hall–Kier alpha value is -1.30. The van der Waals surface area contributed by atoms with E-state index in [2.05, 4.69) is 10.5 Å². The molecule has 0 aromatic carbocycles. The molecular formula is C8H17N2O4+. The standard InChI is InChI=1S/C8H16N2O4/c1-10(2,3)4-5-13-7(11)6-14-8(9)12/h4-6H2,1-3H3,(H-,9,12)/p+1. The minimum Gasteiger partial charge on any atom is -0.457 e. The highest BCUT2D eigenvalue weighted by Crippen LogP contribution is 1.90. The number of carbonyl (C=O) groups excluding carboxylic acids is 2. The topological polar surface area (TPSA) is 78.6 Å². The maximum absolute atomic E-state index is 10.9. The van der Waals surface area contributed by atoms with E-state index in [-0.39, 0.29) is 0 Å². The van der Waals surface area contributed by atoms with E-state index < -0.39 is 18.7 Å². The highest BCUT2D eigenvalue weighted by Gasteiger charge is 2.10. The summed E-state index contributed by atoms with van der Waals surface area (Å²) in [6.07, 6.45) is -0.978. The molecule has 0 aliphatic carbocycles. The summed E-state index contributed by atoms with van der Waals surface area (Å²) in [7, 11) is 5.94. The highest BCUT2D eigenvalue weighted by atomic mass is 16.6. The molecule has 0 spiro atoms. The van der Waals surface area contributed by atoms with Crippen molar-refractivity contribution in [1.29, 1.82) is 0 Å². The van der Waals surface area contributed by atoms with Gasteiger partial charge in [0.2, 0.25) is 0 Å². The number of primary amides is 1. The Kier molecular flexibility index (Phi) is 4.93. The number of likely N-dealkylation sites (N-methyl/N-ethyl adjacent to an activating group) is 1. The molecule has 0 aromatic rings. The maximum Gasteiger partial charge on any atom is 0.405 e. The first-order valence-electron chi connectivity index (χ1n) is 4.19. The van der Waals surface area contributed by atoms with Crippen molar-refractivity contribution in [2.75, 3.05) is 40.9 Å². The lowest BCUT2D eigenvalue weighted by Crippen LogP contribution is -2.38. The van der Waals surface area contributed by atoms with Crippen LogP contribution in [-0.2, 0) is 14.3 Å². The number of carbonyl (C=O) groups is 2. The van der Waals surface area contributed by atoms with Crippen molar-refractivity contribution in [2.24, 2.45) is 5.73 Å². The summed E-state index contributed by atoms with van der Waals surface area (Å²) in [5.74, 6) is -0.586. The lowest BCUT2D eigenvalue weighted by Gasteiger charge is -2.23. The number of ether oxygens (including phenoxy) is 2. The molecule has 0 aromatic heterocycles. The number of esters is 1. The van der Waals surface area contributed by atoms with Gasteiger partial charge in [0, 0.05) is 0 Å². The van der Waals surface area contributed by atoms with E-state index >= 15 is 0 Å². The molecule has 0 atom stereocenters. The van der Waals surface area contributed by atoms with Gasteiger partial charge in [-0.3, -0.25) is 0 Å². The molecule has 2 N–H and O–H groups in total. The van der Waals surface area contributed by atoms with Crippen LogP contribution in [0.4, 0.5) is 4.79 Å². The van der Waals surface area contributed by atoms with Gasteiger partial charge >= 0.3 is 12.1 Å². The van der Waals surface area contributed by atoms with Crippen molar-refractivity contribution in [3.63, 3.8) is 0 Å². The van der Waals surface area contributed by atoms with Crippen LogP contribution in [0, 0.1) is 0 Å². The zero-order valence-corrected chi connectivity index (χ0v) is 8.78. The van der Waals surface area contributed by atoms with Crippen LogP contribution in [-0.4, -0.2) is 57.4 Å². The first-order chi connectivity index (χ1) is 6.31. The number of amides is 1. The molecule has 0 saturated heterocycles. The molecule has 6 heteroatoms. The van der Waals surface area contributed by atoms with Crippen molar-refractivity contribution in [2.45, 2.75) is 0 Å². The molecule has 0 aliphatic rings. The summed E-state index contributed by atoms with van der Waals surface area (Å²) in [4.78, 5) is 21.0. The van der Waals surface area contributed by atoms with E-state index in [0.29, 0.717) is 17.6 Å². The Morgan fingerprint density at radius 2 is 1.79 bits per heavy atom. The van der Waals surface area contributed by atoms with Gasteiger partial charge in [0.15, 0.2) is 6.61 Å². The Morgan fingerprint density at radius 3 is 2.21 bits per heavy atom. The molecule has 0 fully saturated rings. The lowest BCUT2D eigenvalue weighted by molar-refractivity contribution is -0.870. The first-order valence-corrected chi connectivity index (χ1v) is 4.19. The summed E-state index contributed by atoms with van der Waals surface area (Å²) in [5.41, 5.74) is 4.67. The van der Waals surface area contributed by atoms with Gasteiger partial charge in [-0.05, 0) is 0 Å². The Balaban J connectivity index is 3.50. The van der Waals surface area contributed by atoms with Gasteiger partial charge in [-0.15, -0.1) is 0 Å². The van der Waals surface area contributed by atoms with Gasteiger partial charge in [0.1, 0.15) is 13.2 Å². The molecule has 1 amide bonds.